The van der Waals surface area contributed by atoms with E-state index in [0.717, 1.165) is 0 Å². The van der Waals surface area contributed by atoms with Gasteiger partial charge in [0.05, 0.1) is 0 Å². The van der Waals surface area contributed by atoms with Crippen molar-refractivity contribution < 1.29 is 56.2 Å². The Kier molecular flexibility index (Phi) is 9.86. The Morgan fingerprint density at radius 2 is 1.00 bits per heavy atom. The molecule has 8 nitrogen and oxygen atoms in total. The van der Waals surface area contributed by atoms with E-state index in [1.165, 1.54) is 0 Å². The van der Waals surface area contributed by atoms with Crippen LogP contribution in [-0.4, -0.2) is 32.2 Å². The van der Waals surface area contributed by atoms with E-state index >= 15 is 0 Å². The molecule has 0 aliphatic heterocycles. The van der Waals surface area contributed by atoms with Gasteiger partial charge in [0.25, 0.3) is 0 Å². The van der Waals surface area contributed by atoms with Crippen LogP contribution in [0.1, 0.15) is 0 Å². The van der Waals surface area contributed by atoms with Crippen LogP contribution in [0.25, 0.3) is 0 Å². The van der Waals surface area contributed by atoms with Crippen molar-refractivity contribution >= 4 is 18.2 Å². The van der Waals surface area contributed by atoms with E-state index in [9.17, 15) is 0 Å². The van der Waals surface area contributed by atoms with Crippen LogP contribution in [0.15, 0.2) is 0 Å². The van der Waals surface area contributed by atoms with Gasteiger partial charge in [-0.25, -0.2) is 4.57 Å². The summed E-state index contributed by atoms with van der Waals surface area (Å²) >= 11 is 0. The van der Waals surface area contributed by atoms with Crippen LogP contribution in [0.2, 0.25) is 0 Å². The van der Waals surface area contributed by atoms with Crippen molar-refractivity contribution in [3.63, 3.8) is 0 Å². The molecule has 0 saturated carbocycles. The Morgan fingerprint density at radius 1 is 1.00 bits per heavy atom. The van der Waals surface area contributed by atoms with Crippen molar-refractivity contribution in [1.29, 1.82) is 0 Å². The smallest absolute Gasteiger partial charge is 0.303 e. The maximum atomic E-state index is 8.88. The summed E-state index contributed by atoms with van der Waals surface area (Å²) in [5.41, 5.74) is 0. The van der Waals surface area contributed by atoms with Gasteiger partial charge in [-0.15, -0.1) is 0 Å². The molecule has 11 heavy (non-hydrogen) atoms. The van der Waals surface area contributed by atoms with Crippen LogP contribution < -0.4 is 0 Å². The Balaban J connectivity index is -0.000000107. The van der Waals surface area contributed by atoms with Gasteiger partial charge in [0.15, 0.2) is 0 Å². The molecule has 0 amide bonds. The van der Waals surface area contributed by atoms with Crippen molar-refractivity contribution in [2.45, 2.75) is 0 Å². The molecule has 0 aliphatic rings. The Hall–Kier alpha value is 0.603. The molecular formula is H5O8PSZn. The summed E-state index contributed by atoms with van der Waals surface area (Å²) in [5.74, 6) is 0. The van der Waals surface area contributed by atoms with Gasteiger partial charge in [-0.3, -0.25) is 9.11 Å². The molecule has 0 saturated heterocycles. The zero-order valence-corrected chi connectivity index (χ0v) is 9.70. The number of rotatable bonds is 0. The zero-order valence-electron chi connectivity index (χ0n) is 5.02. The molecule has 0 aromatic carbocycles. The molecule has 0 spiro atoms. The summed E-state index contributed by atoms with van der Waals surface area (Å²) in [5, 5.41) is 0. The standard InChI is InChI=1S/H3O4P.H2O4S.Zn/c2*1-5(2,3)4;/h(H3,1,2,3,4);(H2,1,2,3,4);. The molecule has 0 aromatic heterocycles. The minimum Gasteiger partial charge on any atom is -0.303 e. The Morgan fingerprint density at radius 3 is 1.00 bits per heavy atom. The van der Waals surface area contributed by atoms with Crippen molar-refractivity contribution in [3.05, 3.63) is 0 Å². The summed E-state index contributed by atoms with van der Waals surface area (Å²) in [6, 6.07) is 0. The average Bonchev–Trinajstić information content (AvgIpc) is 1.12. The van der Waals surface area contributed by atoms with Crippen LogP contribution in [0.5, 0.6) is 0 Å². The molecule has 0 fully saturated rings. The van der Waals surface area contributed by atoms with Crippen LogP contribution in [0.4, 0.5) is 0 Å². The van der Waals surface area contributed by atoms with Gasteiger partial charge in [-0.2, -0.15) is 8.42 Å². The fourth-order valence-corrected chi connectivity index (χ4v) is 0. The SMILES string of the molecule is O=P(O)(O)O.O=S(=O)(O)O.[Zn]. The van der Waals surface area contributed by atoms with E-state index in [1.54, 1.807) is 0 Å². The van der Waals surface area contributed by atoms with E-state index in [0.29, 0.717) is 0 Å². The van der Waals surface area contributed by atoms with Crippen molar-refractivity contribution in [1.82, 2.24) is 0 Å². The third-order valence-electron chi connectivity index (χ3n) is 0. The van der Waals surface area contributed by atoms with Crippen LogP contribution >= 0.6 is 7.82 Å². The van der Waals surface area contributed by atoms with Crippen LogP contribution in [-0.2, 0) is 34.4 Å². The molecule has 0 heterocycles. The Bertz CT molecular complexity index is 192. The number of hydrogen-bond acceptors (Lipinski definition) is 3. The summed E-state index contributed by atoms with van der Waals surface area (Å²) in [6.45, 7) is 0. The maximum absolute atomic E-state index is 8.88. The van der Waals surface area contributed by atoms with E-state index < -0.39 is 18.2 Å². The van der Waals surface area contributed by atoms with Gasteiger partial charge in [0.2, 0.25) is 0 Å². The number of hydrogen-bond donors (Lipinski definition) is 5. The van der Waals surface area contributed by atoms with E-state index in [2.05, 4.69) is 0 Å². The van der Waals surface area contributed by atoms with E-state index in [4.69, 9.17) is 36.8 Å². The molecule has 11 heteroatoms. The molecule has 0 radical (unpaired) electrons. The predicted octanol–water partition coefficient (Wildman–Crippen LogP) is -1.58. The fourth-order valence-electron chi connectivity index (χ4n) is 0. The minimum absolute atomic E-state index is 0. The fraction of sp³-hybridized carbons (Fsp3) is 0. The summed E-state index contributed by atoms with van der Waals surface area (Å²) in [4.78, 5) is 21.6. The average molecular weight is 261 g/mol. The topological polar surface area (TPSA) is 152 Å². The molecule has 0 aliphatic carbocycles. The second kappa shape index (κ2) is 6.16. The van der Waals surface area contributed by atoms with E-state index in [1.807, 2.05) is 0 Å². The summed E-state index contributed by atoms with van der Waals surface area (Å²) in [7, 11) is -9.31. The second-order valence-electron chi connectivity index (χ2n) is 0.961. The quantitative estimate of drug-likeness (QED) is 0.199. The molecule has 5 N–H and O–H groups in total. The summed E-state index contributed by atoms with van der Waals surface area (Å²) in [6.07, 6.45) is 0. The van der Waals surface area contributed by atoms with Crippen LogP contribution in [0, 0.1) is 0 Å². The molecule has 0 atom stereocenters. The first-order valence-electron chi connectivity index (χ1n) is 1.48. The van der Waals surface area contributed by atoms with Crippen LogP contribution in [0.3, 0.4) is 0 Å². The largest absolute Gasteiger partial charge is 0.466 e. The van der Waals surface area contributed by atoms with Crippen molar-refractivity contribution in [2.75, 3.05) is 0 Å². The molecule has 66 valence electrons. The van der Waals surface area contributed by atoms with Gasteiger partial charge >= 0.3 is 18.2 Å². The van der Waals surface area contributed by atoms with Gasteiger partial charge in [0, 0.05) is 19.5 Å². The minimum atomic E-state index is -4.67. The number of phosphoric acid groups is 1. The van der Waals surface area contributed by atoms with Gasteiger partial charge in [-0.05, 0) is 0 Å². The van der Waals surface area contributed by atoms with Crippen molar-refractivity contribution in [2.24, 2.45) is 0 Å². The van der Waals surface area contributed by atoms with E-state index in [-0.39, 0.29) is 19.5 Å². The first kappa shape index (κ1) is 17.6. The zero-order chi connectivity index (χ0) is 9.00. The molecule has 0 rings (SSSR count). The third-order valence-corrected chi connectivity index (χ3v) is 0. The predicted molar refractivity (Wildman–Crippen MR) is 28.4 cm³/mol. The second-order valence-corrected chi connectivity index (χ2v) is 2.88. The third kappa shape index (κ3) is 2160. The van der Waals surface area contributed by atoms with Gasteiger partial charge in [-0.1, -0.05) is 0 Å². The maximum Gasteiger partial charge on any atom is 0.466 e. The molecule has 0 bridgehead atoms. The molecule has 0 unspecified atom stereocenters. The normalized spacial score (nSPS) is 10.6. The molecular weight excluding hydrogens is 256 g/mol. The van der Waals surface area contributed by atoms with Gasteiger partial charge < -0.3 is 14.7 Å². The van der Waals surface area contributed by atoms with Crippen molar-refractivity contribution in [3.8, 4) is 0 Å². The molecule has 0 aromatic rings. The first-order valence-corrected chi connectivity index (χ1v) is 4.44. The van der Waals surface area contributed by atoms with Gasteiger partial charge in [0.1, 0.15) is 0 Å². The monoisotopic (exact) mass is 260 g/mol. The first-order chi connectivity index (χ1) is 4.00. The Labute approximate surface area is 74.8 Å². The summed E-state index contributed by atoms with van der Waals surface area (Å²) < 4.78 is 40.5.